The molecule has 3 heterocycles. The van der Waals surface area contributed by atoms with Crippen LogP contribution in [-0.4, -0.2) is 35.6 Å². The van der Waals surface area contributed by atoms with E-state index in [-0.39, 0.29) is 0 Å². The third-order valence-corrected chi connectivity index (χ3v) is 4.71. The summed E-state index contributed by atoms with van der Waals surface area (Å²) in [7, 11) is 0. The highest BCUT2D eigenvalue weighted by atomic mass is 32.1. The number of oxazole rings is 1. The van der Waals surface area contributed by atoms with Gasteiger partial charge in [-0.3, -0.25) is 4.90 Å². The summed E-state index contributed by atoms with van der Waals surface area (Å²) in [5.41, 5.74) is 1.03. The number of aromatic nitrogens is 1. The van der Waals surface area contributed by atoms with Gasteiger partial charge in [0.05, 0.1) is 10.6 Å². The molecule has 0 aromatic carbocycles. The van der Waals surface area contributed by atoms with Crippen LogP contribution in [0.15, 0.2) is 28.2 Å². The lowest BCUT2D eigenvalue weighted by atomic mass is 10.2. The average Bonchev–Trinajstić information content (AvgIpc) is 3.21. The van der Waals surface area contributed by atoms with Gasteiger partial charge in [-0.2, -0.15) is 0 Å². The SMILES string of the molecule is CCCN(Cc1coc(-c2cccs2)n1)CC1CCCN1. The molecule has 0 aliphatic carbocycles. The minimum atomic E-state index is 0.639. The Kier molecular flexibility index (Phi) is 5.06. The molecule has 3 rings (SSSR count). The summed E-state index contributed by atoms with van der Waals surface area (Å²) in [5.74, 6) is 0.746. The van der Waals surface area contributed by atoms with Crippen molar-refractivity contribution in [2.45, 2.75) is 38.8 Å². The Labute approximate surface area is 130 Å². The Balaban J connectivity index is 1.62. The number of thiophene rings is 1. The first-order valence-electron chi connectivity index (χ1n) is 7.79. The molecule has 0 amide bonds. The van der Waals surface area contributed by atoms with Gasteiger partial charge in [0.1, 0.15) is 6.26 Å². The normalized spacial score (nSPS) is 18.7. The molecular formula is C16H23N3OS. The van der Waals surface area contributed by atoms with E-state index in [1.54, 1.807) is 17.6 Å². The van der Waals surface area contributed by atoms with E-state index in [0.717, 1.165) is 42.6 Å². The van der Waals surface area contributed by atoms with E-state index in [0.29, 0.717) is 6.04 Å². The molecule has 21 heavy (non-hydrogen) atoms. The zero-order valence-corrected chi connectivity index (χ0v) is 13.4. The van der Waals surface area contributed by atoms with Gasteiger partial charge in [0, 0.05) is 19.1 Å². The number of hydrogen-bond donors (Lipinski definition) is 1. The average molecular weight is 305 g/mol. The lowest BCUT2D eigenvalue weighted by Gasteiger charge is -2.24. The summed E-state index contributed by atoms with van der Waals surface area (Å²) in [4.78, 5) is 8.21. The molecule has 1 atom stereocenters. The summed E-state index contributed by atoms with van der Waals surface area (Å²) in [6.45, 7) is 6.49. The number of nitrogens with one attached hydrogen (secondary N) is 1. The highest BCUT2D eigenvalue weighted by Crippen LogP contribution is 2.24. The Morgan fingerprint density at radius 2 is 2.48 bits per heavy atom. The highest BCUT2D eigenvalue weighted by Gasteiger charge is 2.18. The Hall–Kier alpha value is -1.17. The Morgan fingerprint density at radius 1 is 1.52 bits per heavy atom. The van der Waals surface area contributed by atoms with E-state index < -0.39 is 0 Å². The van der Waals surface area contributed by atoms with Crippen LogP contribution in [0.1, 0.15) is 31.9 Å². The van der Waals surface area contributed by atoms with E-state index in [9.17, 15) is 0 Å². The maximum atomic E-state index is 5.62. The van der Waals surface area contributed by atoms with Crippen molar-refractivity contribution in [3.63, 3.8) is 0 Å². The molecule has 1 unspecified atom stereocenters. The number of hydrogen-bond acceptors (Lipinski definition) is 5. The second kappa shape index (κ2) is 7.20. The molecule has 0 radical (unpaired) electrons. The van der Waals surface area contributed by atoms with Crippen LogP contribution in [0.2, 0.25) is 0 Å². The fraction of sp³-hybridized carbons (Fsp3) is 0.562. The Morgan fingerprint density at radius 3 is 3.19 bits per heavy atom. The van der Waals surface area contributed by atoms with Crippen molar-refractivity contribution in [3.8, 4) is 10.8 Å². The Bertz CT molecular complexity index is 531. The first kappa shape index (κ1) is 14.8. The third kappa shape index (κ3) is 3.93. The molecule has 1 fully saturated rings. The molecule has 2 aromatic rings. The van der Waals surface area contributed by atoms with Gasteiger partial charge < -0.3 is 9.73 Å². The van der Waals surface area contributed by atoms with E-state index in [1.165, 1.54) is 19.3 Å². The topological polar surface area (TPSA) is 41.3 Å². The number of nitrogens with zero attached hydrogens (tertiary/aromatic N) is 2. The predicted molar refractivity (Wildman–Crippen MR) is 86.4 cm³/mol. The van der Waals surface area contributed by atoms with E-state index in [2.05, 4.69) is 22.1 Å². The van der Waals surface area contributed by atoms with Gasteiger partial charge in [0.15, 0.2) is 0 Å². The smallest absolute Gasteiger partial charge is 0.236 e. The maximum absolute atomic E-state index is 5.62. The van der Waals surface area contributed by atoms with Crippen molar-refractivity contribution in [1.82, 2.24) is 15.2 Å². The lowest BCUT2D eigenvalue weighted by Crippen LogP contribution is -2.37. The quantitative estimate of drug-likeness (QED) is 0.851. The molecule has 2 aromatic heterocycles. The predicted octanol–water partition coefficient (Wildman–Crippen LogP) is 3.37. The fourth-order valence-corrected chi connectivity index (χ4v) is 3.55. The van der Waals surface area contributed by atoms with Crippen molar-refractivity contribution < 1.29 is 4.42 Å². The summed E-state index contributed by atoms with van der Waals surface area (Å²) >= 11 is 1.66. The summed E-state index contributed by atoms with van der Waals surface area (Å²) in [6.07, 6.45) is 5.57. The van der Waals surface area contributed by atoms with Crippen molar-refractivity contribution in [1.29, 1.82) is 0 Å². The van der Waals surface area contributed by atoms with Gasteiger partial charge in [-0.1, -0.05) is 13.0 Å². The zero-order valence-electron chi connectivity index (χ0n) is 12.5. The van der Waals surface area contributed by atoms with Gasteiger partial charge in [-0.15, -0.1) is 11.3 Å². The van der Waals surface area contributed by atoms with Crippen LogP contribution in [0, 0.1) is 0 Å². The molecule has 1 N–H and O–H groups in total. The fourth-order valence-electron chi connectivity index (χ4n) is 2.90. The lowest BCUT2D eigenvalue weighted by molar-refractivity contribution is 0.239. The number of rotatable bonds is 7. The molecule has 1 aliphatic rings. The molecule has 114 valence electrons. The molecule has 0 spiro atoms. The van der Waals surface area contributed by atoms with Crippen LogP contribution < -0.4 is 5.32 Å². The van der Waals surface area contributed by atoms with Crippen LogP contribution in [0.4, 0.5) is 0 Å². The molecule has 1 aliphatic heterocycles. The zero-order chi connectivity index (χ0) is 14.5. The second-order valence-corrected chi connectivity index (χ2v) is 6.60. The largest absolute Gasteiger partial charge is 0.444 e. The minimum absolute atomic E-state index is 0.639. The molecule has 1 saturated heterocycles. The molecule has 0 bridgehead atoms. The van der Waals surface area contributed by atoms with Crippen LogP contribution in [0.5, 0.6) is 0 Å². The first-order chi connectivity index (χ1) is 10.3. The maximum Gasteiger partial charge on any atom is 0.236 e. The second-order valence-electron chi connectivity index (χ2n) is 5.65. The van der Waals surface area contributed by atoms with Crippen molar-refractivity contribution in [3.05, 3.63) is 29.5 Å². The molecule has 0 saturated carbocycles. The van der Waals surface area contributed by atoms with Crippen LogP contribution >= 0.6 is 11.3 Å². The van der Waals surface area contributed by atoms with Crippen molar-refractivity contribution in [2.24, 2.45) is 0 Å². The van der Waals surface area contributed by atoms with E-state index in [4.69, 9.17) is 4.42 Å². The molecule has 4 nitrogen and oxygen atoms in total. The van der Waals surface area contributed by atoms with Crippen LogP contribution in [0.25, 0.3) is 10.8 Å². The summed E-state index contributed by atoms with van der Waals surface area (Å²) in [6, 6.07) is 4.71. The summed E-state index contributed by atoms with van der Waals surface area (Å²) in [5, 5.41) is 5.62. The van der Waals surface area contributed by atoms with E-state index >= 15 is 0 Å². The molecular weight excluding hydrogens is 282 g/mol. The standard InChI is InChI=1S/C16H23N3OS/c1-2-8-19(10-13-5-3-7-17-13)11-14-12-20-16(18-14)15-6-4-9-21-15/h4,6,9,12-13,17H,2-3,5,7-8,10-11H2,1H3. The molecule has 5 heteroatoms. The first-order valence-corrected chi connectivity index (χ1v) is 8.67. The van der Waals surface area contributed by atoms with Gasteiger partial charge in [0.25, 0.3) is 0 Å². The minimum Gasteiger partial charge on any atom is -0.444 e. The van der Waals surface area contributed by atoms with Gasteiger partial charge >= 0.3 is 0 Å². The van der Waals surface area contributed by atoms with Gasteiger partial charge in [-0.05, 0) is 43.8 Å². The summed E-state index contributed by atoms with van der Waals surface area (Å²) < 4.78 is 5.62. The highest BCUT2D eigenvalue weighted by molar-refractivity contribution is 7.13. The van der Waals surface area contributed by atoms with Crippen molar-refractivity contribution in [2.75, 3.05) is 19.6 Å². The van der Waals surface area contributed by atoms with Gasteiger partial charge in [-0.25, -0.2) is 4.98 Å². The monoisotopic (exact) mass is 305 g/mol. The van der Waals surface area contributed by atoms with Gasteiger partial charge in [0.2, 0.25) is 5.89 Å². The third-order valence-electron chi connectivity index (χ3n) is 3.85. The van der Waals surface area contributed by atoms with Crippen LogP contribution in [0.3, 0.4) is 0 Å². The van der Waals surface area contributed by atoms with Crippen molar-refractivity contribution >= 4 is 11.3 Å². The van der Waals surface area contributed by atoms with Crippen LogP contribution in [-0.2, 0) is 6.54 Å². The van der Waals surface area contributed by atoms with E-state index in [1.807, 2.05) is 17.5 Å².